The third-order valence-corrected chi connectivity index (χ3v) is 6.15. The van der Waals surface area contributed by atoms with E-state index in [1.807, 2.05) is 0 Å². The van der Waals surface area contributed by atoms with Crippen LogP contribution in [0.5, 0.6) is 5.75 Å². The maximum atomic E-state index is 12.7. The van der Waals surface area contributed by atoms with Gasteiger partial charge in [-0.2, -0.15) is 13.1 Å². The lowest BCUT2D eigenvalue weighted by Gasteiger charge is -2.26. The van der Waals surface area contributed by atoms with Gasteiger partial charge in [0.15, 0.2) is 0 Å². The Labute approximate surface area is 172 Å². The van der Waals surface area contributed by atoms with Gasteiger partial charge in [-0.25, -0.2) is 8.42 Å². The molecule has 3 rings (SSSR count). The summed E-state index contributed by atoms with van der Waals surface area (Å²) in [4.78, 5) is 12.3. The van der Waals surface area contributed by atoms with Crippen molar-refractivity contribution in [3.05, 3.63) is 48.5 Å². The molecule has 0 aliphatic carbocycles. The van der Waals surface area contributed by atoms with Crippen molar-refractivity contribution in [2.24, 2.45) is 0 Å². The van der Waals surface area contributed by atoms with Gasteiger partial charge in [-0.3, -0.25) is 4.79 Å². The first-order valence-electron chi connectivity index (χ1n) is 9.11. The largest absolute Gasteiger partial charge is 0.435 e. The molecule has 0 aromatic heterocycles. The number of sulfonamides is 1. The Bertz CT molecular complexity index is 964. The molecule has 0 spiro atoms. The number of nitrogens with one attached hydrogen (secondary N) is 2. The molecule has 1 saturated heterocycles. The van der Waals surface area contributed by atoms with Crippen LogP contribution in [0.4, 0.5) is 20.2 Å². The number of alkyl halides is 2. The molecule has 1 fully saturated rings. The molecule has 0 saturated carbocycles. The highest BCUT2D eigenvalue weighted by molar-refractivity contribution is 7.89. The monoisotopic (exact) mass is 441 g/mol. The van der Waals surface area contributed by atoms with E-state index in [0.717, 1.165) is 0 Å². The number of carbonyl (C=O) groups is 1. The van der Waals surface area contributed by atoms with E-state index in [4.69, 9.17) is 4.74 Å². The van der Waals surface area contributed by atoms with Gasteiger partial charge in [-0.05, 0) is 42.5 Å². The van der Waals surface area contributed by atoms with Crippen LogP contribution in [-0.2, 0) is 19.6 Å². The van der Waals surface area contributed by atoms with Crippen molar-refractivity contribution in [1.29, 1.82) is 0 Å². The molecule has 8 nitrogen and oxygen atoms in total. The van der Waals surface area contributed by atoms with Crippen LogP contribution in [0.3, 0.4) is 0 Å². The minimum absolute atomic E-state index is 0.0123. The van der Waals surface area contributed by atoms with E-state index >= 15 is 0 Å². The van der Waals surface area contributed by atoms with Crippen molar-refractivity contribution in [2.75, 3.05) is 43.5 Å². The lowest BCUT2D eigenvalue weighted by Crippen LogP contribution is -2.40. The van der Waals surface area contributed by atoms with E-state index in [-0.39, 0.29) is 30.3 Å². The van der Waals surface area contributed by atoms with Crippen molar-refractivity contribution in [3.63, 3.8) is 0 Å². The lowest BCUT2D eigenvalue weighted by atomic mass is 10.3. The van der Waals surface area contributed by atoms with E-state index in [1.54, 1.807) is 12.1 Å². The molecule has 0 unspecified atom stereocenters. The number of hydrogen-bond donors (Lipinski definition) is 2. The van der Waals surface area contributed by atoms with Crippen molar-refractivity contribution >= 4 is 27.3 Å². The molecule has 2 N–H and O–H groups in total. The average Bonchev–Trinajstić information content (AvgIpc) is 2.74. The van der Waals surface area contributed by atoms with Crippen LogP contribution in [0, 0.1) is 0 Å². The molecular formula is C19H21F2N3O5S. The minimum atomic E-state index is -3.67. The number of ether oxygens (including phenoxy) is 2. The van der Waals surface area contributed by atoms with Crippen LogP contribution in [0.15, 0.2) is 53.4 Å². The Morgan fingerprint density at radius 1 is 1.10 bits per heavy atom. The third-order valence-electron chi connectivity index (χ3n) is 4.26. The molecule has 1 heterocycles. The van der Waals surface area contributed by atoms with Gasteiger partial charge < -0.3 is 20.1 Å². The molecule has 162 valence electrons. The van der Waals surface area contributed by atoms with Crippen LogP contribution in [0.2, 0.25) is 0 Å². The molecule has 1 aliphatic rings. The first-order valence-corrected chi connectivity index (χ1v) is 10.6. The van der Waals surface area contributed by atoms with Gasteiger partial charge in [-0.1, -0.05) is 6.07 Å². The van der Waals surface area contributed by atoms with E-state index in [2.05, 4.69) is 15.4 Å². The van der Waals surface area contributed by atoms with Gasteiger partial charge in [0.2, 0.25) is 15.9 Å². The zero-order valence-corrected chi connectivity index (χ0v) is 16.7. The van der Waals surface area contributed by atoms with Crippen LogP contribution < -0.4 is 15.4 Å². The predicted molar refractivity (Wildman–Crippen MR) is 106 cm³/mol. The SMILES string of the molecule is O=C(CNc1ccc(OC(F)F)cc1)Nc1cccc(S(=O)(=O)N2CCOCC2)c1. The standard InChI is InChI=1S/C19H21F2N3O5S/c20-19(21)29-16-6-4-14(5-7-16)22-13-18(25)23-15-2-1-3-17(12-15)30(26,27)24-8-10-28-11-9-24/h1-7,12,19,22H,8-11,13H2,(H,23,25). The van der Waals surface area contributed by atoms with Crippen LogP contribution in [0.1, 0.15) is 0 Å². The zero-order chi connectivity index (χ0) is 21.6. The summed E-state index contributed by atoms with van der Waals surface area (Å²) in [6, 6.07) is 11.7. The van der Waals surface area contributed by atoms with Crippen LogP contribution >= 0.6 is 0 Å². The van der Waals surface area contributed by atoms with Crippen molar-refractivity contribution < 1.29 is 31.5 Å². The maximum Gasteiger partial charge on any atom is 0.387 e. The second kappa shape index (κ2) is 9.83. The summed E-state index contributed by atoms with van der Waals surface area (Å²) in [7, 11) is -3.67. The first-order chi connectivity index (χ1) is 14.3. The molecule has 30 heavy (non-hydrogen) atoms. The summed E-state index contributed by atoms with van der Waals surface area (Å²) in [6.07, 6.45) is 0. The lowest BCUT2D eigenvalue weighted by molar-refractivity contribution is -0.114. The van der Waals surface area contributed by atoms with Gasteiger partial charge in [-0.15, -0.1) is 0 Å². The highest BCUT2D eigenvalue weighted by Gasteiger charge is 2.26. The van der Waals surface area contributed by atoms with Gasteiger partial charge >= 0.3 is 6.61 Å². The van der Waals surface area contributed by atoms with Gasteiger partial charge in [0.25, 0.3) is 0 Å². The Kier molecular flexibility index (Phi) is 7.19. The summed E-state index contributed by atoms with van der Waals surface area (Å²) >= 11 is 0. The Morgan fingerprint density at radius 3 is 2.47 bits per heavy atom. The molecule has 1 amide bonds. The summed E-state index contributed by atoms with van der Waals surface area (Å²) in [5.41, 5.74) is 0.882. The number of carbonyl (C=O) groups excluding carboxylic acids is 1. The van der Waals surface area contributed by atoms with Gasteiger partial charge in [0, 0.05) is 24.5 Å². The number of amides is 1. The average molecular weight is 441 g/mol. The van der Waals surface area contributed by atoms with Crippen LogP contribution in [0.25, 0.3) is 0 Å². The second-order valence-corrected chi connectivity index (χ2v) is 8.29. The molecular weight excluding hydrogens is 420 g/mol. The van der Waals surface area contributed by atoms with Crippen molar-refractivity contribution in [2.45, 2.75) is 11.5 Å². The third kappa shape index (κ3) is 5.88. The highest BCUT2D eigenvalue weighted by atomic mass is 32.2. The van der Waals surface area contributed by atoms with E-state index < -0.39 is 22.5 Å². The quantitative estimate of drug-likeness (QED) is 0.653. The summed E-state index contributed by atoms with van der Waals surface area (Å²) in [5, 5.41) is 5.48. The molecule has 2 aromatic carbocycles. The Morgan fingerprint density at radius 2 is 1.80 bits per heavy atom. The number of rotatable bonds is 8. The maximum absolute atomic E-state index is 12.7. The molecule has 0 bridgehead atoms. The number of halogens is 2. The molecule has 0 atom stereocenters. The zero-order valence-electron chi connectivity index (χ0n) is 15.9. The normalized spacial score (nSPS) is 15.0. The number of benzene rings is 2. The molecule has 2 aromatic rings. The molecule has 0 radical (unpaired) electrons. The topological polar surface area (TPSA) is 97.0 Å². The number of hydrogen-bond acceptors (Lipinski definition) is 6. The smallest absolute Gasteiger partial charge is 0.387 e. The Hall–Kier alpha value is -2.76. The number of morpholine rings is 1. The summed E-state index contributed by atoms with van der Waals surface area (Å²) < 4.78 is 60.5. The van der Waals surface area contributed by atoms with E-state index in [0.29, 0.717) is 24.6 Å². The fourth-order valence-corrected chi connectivity index (χ4v) is 4.27. The highest BCUT2D eigenvalue weighted by Crippen LogP contribution is 2.21. The first kappa shape index (κ1) is 21.9. The minimum Gasteiger partial charge on any atom is -0.435 e. The Balaban J connectivity index is 1.57. The summed E-state index contributed by atoms with van der Waals surface area (Å²) in [6.45, 7) is -1.76. The number of nitrogens with zero attached hydrogens (tertiary/aromatic N) is 1. The second-order valence-electron chi connectivity index (χ2n) is 6.35. The van der Waals surface area contributed by atoms with Crippen LogP contribution in [-0.4, -0.2) is 58.1 Å². The predicted octanol–water partition coefficient (Wildman–Crippen LogP) is 2.36. The van der Waals surface area contributed by atoms with E-state index in [1.165, 1.54) is 40.7 Å². The molecule has 1 aliphatic heterocycles. The fraction of sp³-hybridized carbons (Fsp3) is 0.316. The molecule has 11 heteroatoms. The van der Waals surface area contributed by atoms with Crippen molar-refractivity contribution in [3.8, 4) is 5.75 Å². The fourth-order valence-electron chi connectivity index (χ4n) is 2.81. The summed E-state index contributed by atoms with van der Waals surface area (Å²) in [5.74, 6) is -0.387. The van der Waals surface area contributed by atoms with Gasteiger partial charge in [0.1, 0.15) is 5.75 Å². The number of anilines is 2. The van der Waals surface area contributed by atoms with E-state index in [9.17, 15) is 22.0 Å². The van der Waals surface area contributed by atoms with Gasteiger partial charge in [0.05, 0.1) is 24.7 Å². The van der Waals surface area contributed by atoms with Crippen molar-refractivity contribution in [1.82, 2.24) is 4.31 Å².